The summed E-state index contributed by atoms with van der Waals surface area (Å²) in [6.07, 6.45) is 4.41. The number of hydrogen-bond donors (Lipinski definition) is 1. The maximum Gasteiger partial charge on any atom is 0.244 e. The highest BCUT2D eigenvalue weighted by Crippen LogP contribution is 2.49. The van der Waals surface area contributed by atoms with E-state index in [0.29, 0.717) is 11.9 Å². The first-order valence-corrected chi connectivity index (χ1v) is 8.18. The Morgan fingerprint density at radius 2 is 1.95 bits per heavy atom. The average Bonchev–Trinajstić information content (AvgIpc) is 3.11. The van der Waals surface area contributed by atoms with Gasteiger partial charge < -0.3 is 4.90 Å². The zero-order valence-corrected chi connectivity index (χ0v) is 13.1. The third-order valence-corrected chi connectivity index (χ3v) is 5.55. The summed E-state index contributed by atoms with van der Waals surface area (Å²) < 4.78 is 0. The summed E-state index contributed by atoms with van der Waals surface area (Å²) >= 11 is 0. The van der Waals surface area contributed by atoms with Crippen molar-refractivity contribution in [2.45, 2.75) is 64.2 Å². The molecule has 2 saturated carbocycles. The Hall–Kier alpha value is -1.35. The molecule has 1 saturated heterocycles. The van der Waals surface area contributed by atoms with E-state index < -0.39 is 0 Å². The molecule has 1 spiro atoms. The van der Waals surface area contributed by atoms with E-state index in [-0.39, 0.29) is 11.7 Å². The predicted octanol–water partition coefficient (Wildman–Crippen LogP) is 3.06. The number of amides is 1. The summed E-state index contributed by atoms with van der Waals surface area (Å²) in [6, 6.07) is 7.02. The van der Waals surface area contributed by atoms with Gasteiger partial charge in [-0.3, -0.25) is 10.1 Å². The van der Waals surface area contributed by atoms with Crippen LogP contribution in [0.3, 0.4) is 0 Å². The molecule has 1 atom stereocenters. The molecule has 0 radical (unpaired) electrons. The van der Waals surface area contributed by atoms with Gasteiger partial charge in [0.05, 0.1) is 0 Å². The molecule has 21 heavy (non-hydrogen) atoms. The number of benzene rings is 1. The highest BCUT2D eigenvalue weighted by molar-refractivity contribution is 5.92. The number of carbonyl (C=O) groups is 1. The Balaban J connectivity index is 1.70. The van der Waals surface area contributed by atoms with E-state index in [1.165, 1.54) is 16.7 Å². The van der Waals surface area contributed by atoms with Crippen molar-refractivity contribution in [1.82, 2.24) is 10.2 Å². The van der Waals surface area contributed by atoms with E-state index in [9.17, 15) is 4.79 Å². The van der Waals surface area contributed by atoms with Gasteiger partial charge in [-0.1, -0.05) is 30.7 Å². The SMILES string of the molecule is Cc1ccc(C2NC3(CC3)C(=O)N2C2CC(C)C2)c(C)c1. The molecule has 4 rings (SSSR count). The van der Waals surface area contributed by atoms with Crippen LogP contribution in [-0.4, -0.2) is 22.4 Å². The first-order valence-electron chi connectivity index (χ1n) is 8.18. The monoisotopic (exact) mass is 284 g/mol. The van der Waals surface area contributed by atoms with E-state index in [2.05, 4.69) is 49.2 Å². The minimum Gasteiger partial charge on any atom is -0.318 e. The summed E-state index contributed by atoms with van der Waals surface area (Å²) in [5.74, 6) is 1.11. The van der Waals surface area contributed by atoms with Crippen molar-refractivity contribution in [2.24, 2.45) is 5.92 Å². The molecule has 1 aliphatic heterocycles. The van der Waals surface area contributed by atoms with Crippen LogP contribution in [0.15, 0.2) is 18.2 Å². The lowest BCUT2D eigenvalue weighted by Gasteiger charge is -2.42. The molecule has 3 nitrogen and oxygen atoms in total. The Labute approximate surface area is 126 Å². The van der Waals surface area contributed by atoms with Crippen LogP contribution >= 0.6 is 0 Å². The minimum atomic E-state index is -0.221. The van der Waals surface area contributed by atoms with Crippen LogP contribution in [0.25, 0.3) is 0 Å². The van der Waals surface area contributed by atoms with Crippen molar-refractivity contribution in [3.8, 4) is 0 Å². The lowest BCUT2D eigenvalue weighted by atomic mass is 9.80. The fourth-order valence-corrected chi connectivity index (χ4v) is 4.06. The van der Waals surface area contributed by atoms with Gasteiger partial charge in [-0.25, -0.2) is 0 Å². The maximum absolute atomic E-state index is 12.9. The van der Waals surface area contributed by atoms with E-state index in [1.807, 2.05) is 0 Å². The average molecular weight is 284 g/mol. The minimum absolute atomic E-state index is 0.0816. The third-order valence-electron chi connectivity index (χ3n) is 5.55. The van der Waals surface area contributed by atoms with Gasteiger partial charge in [0.25, 0.3) is 0 Å². The molecule has 3 aliphatic rings. The van der Waals surface area contributed by atoms with Crippen molar-refractivity contribution in [1.29, 1.82) is 0 Å². The molecular formula is C18H24N2O. The predicted molar refractivity (Wildman–Crippen MR) is 82.8 cm³/mol. The molecule has 0 aromatic heterocycles. The highest BCUT2D eigenvalue weighted by atomic mass is 16.2. The number of hydrogen-bond acceptors (Lipinski definition) is 2. The van der Waals surface area contributed by atoms with Crippen LogP contribution in [0.5, 0.6) is 0 Å². The van der Waals surface area contributed by atoms with Crippen molar-refractivity contribution in [3.63, 3.8) is 0 Å². The Morgan fingerprint density at radius 3 is 2.52 bits per heavy atom. The van der Waals surface area contributed by atoms with E-state index in [1.54, 1.807) is 0 Å². The van der Waals surface area contributed by atoms with Gasteiger partial charge in [-0.2, -0.15) is 0 Å². The maximum atomic E-state index is 12.9. The molecule has 0 bridgehead atoms. The summed E-state index contributed by atoms with van der Waals surface area (Å²) in [5, 5.41) is 3.66. The molecule has 1 amide bonds. The molecule has 112 valence electrons. The molecule has 3 heteroatoms. The van der Waals surface area contributed by atoms with Gasteiger partial charge in [-0.05, 0) is 56.6 Å². The third kappa shape index (κ3) is 1.94. The molecule has 3 fully saturated rings. The van der Waals surface area contributed by atoms with Crippen LogP contribution in [0.4, 0.5) is 0 Å². The number of nitrogens with zero attached hydrogens (tertiary/aromatic N) is 1. The van der Waals surface area contributed by atoms with Gasteiger partial charge in [-0.15, -0.1) is 0 Å². The summed E-state index contributed by atoms with van der Waals surface area (Å²) in [5.41, 5.74) is 3.62. The molecule has 1 heterocycles. The topological polar surface area (TPSA) is 32.3 Å². The fraction of sp³-hybridized carbons (Fsp3) is 0.611. The van der Waals surface area contributed by atoms with Crippen LogP contribution < -0.4 is 5.32 Å². The normalized spacial score (nSPS) is 33.4. The van der Waals surface area contributed by atoms with Crippen LogP contribution in [0.1, 0.15) is 55.5 Å². The van der Waals surface area contributed by atoms with Crippen LogP contribution in [0.2, 0.25) is 0 Å². The molecule has 1 unspecified atom stereocenters. The largest absolute Gasteiger partial charge is 0.318 e. The number of carbonyl (C=O) groups excluding carboxylic acids is 1. The summed E-state index contributed by atoms with van der Waals surface area (Å²) in [7, 11) is 0. The standard InChI is InChI=1S/C18H24N2O/c1-11-4-5-15(13(3)8-11)16-19-18(6-7-18)17(21)20(16)14-9-12(2)10-14/h4-5,8,12,14,16,19H,6-7,9-10H2,1-3H3. The zero-order valence-electron chi connectivity index (χ0n) is 13.1. The second-order valence-electron chi connectivity index (χ2n) is 7.43. The lowest BCUT2D eigenvalue weighted by molar-refractivity contribution is -0.135. The Morgan fingerprint density at radius 1 is 1.24 bits per heavy atom. The van der Waals surface area contributed by atoms with Gasteiger partial charge in [0, 0.05) is 6.04 Å². The first kappa shape index (κ1) is 13.3. The van der Waals surface area contributed by atoms with Crippen LogP contribution in [-0.2, 0) is 4.79 Å². The van der Waals surface area contributed by atoms with E-state index in [4.69, 9.17) is 0 Å². The molecular weight excluding hydrogens is 260 g/mol. The van der Waals surface area contributed by atoms with Crippen molar-refractivity contribution >= 4 is 5.91 Å². The van der Waals surface area contributed by atoms with Gasteiger partial charge >= 0.3 is 0 Å². The summed E-state index contributed by atoms with van der Waals surface area (Å²) in [4.78, 5) is 15.0. The zero-order chi connectivity index (χ0) is 14.8. The number of rotatable bonds is 2. The van der Waals surface area contributed by atoms with E-state index >= 15 is 0 Å². The quantitative estimate of drug-likeness (QED) is 0.905. The van der Waals surface area contributed by atoms with Crippen molar-refractivity contribution < 1.29 is 4.79 Å². The molecule has 1 aromatic carbocycles. The first-order chi connectivity index (χ1) is 10.00. The second kappa shape index (κ2) is 4.33. The molecule has 1 aromatic rings. The number of aryl methyl sites for hydroxylation is 2. The van der Waals surface area contributed by atoms with Gasteiger partial charge in [0.15, 0.2) is 0 Å². The fourth-order valence-electron chi connectivity index (χ4n) is 4.06. The number of nitrogens with one attached hydrogen (secondary N) is 1. The molecule has 2 aliphatic carbocycles. The van der Waals surface area contributed by atoms with Crippen molar-refractivity contribution in [3.05, 3.63) is 34.9 Å². The lowest BCUT2D eigenvalue weighted by Crippen LogP contribution is -2.47. The Kier molecular flexibility index (Phi) is 2.74. The van der Waals surface area contributed by atoms with E-state index in [0.717, 1.165) is 31.6 Å². The van der Waals surface area contributed by atoms with Gasteiger partial charge in [0.1, 0.15) is 11.7 Å². The molecule has 1 N–H and O–H groups in total. The smallest absolute Gasteiger partial charge is 0.244 e. The summed E-state index contributed by atoms with van der Waals surface area (Å²) in [6.45, 7) is 6.56. The van der Waals surface area contributed by atoms with Crippen LogP contribution in [0, 0.1) is 19.8 Å². The highest BCUT2D eigenvalue weighted by Gasteiger charge is 2.61. The Bertz CT molecular complexity index is 599. The second-order valence-corrected chi connectivity index (χ2v) is 7.43. The van der Waals surface area contributed by atoms with Crippen molar-refractivity contribution in [2.75, 3.05) is 0 Å². The van der Waals surface area contributed by atoms with Gasteiger partial charge in [0.2, 0.25) is 5.91 Å².